The van der Waals surface area contributed by atoms with Gasteiger partial charge in [0.15, 0.2) is 0 Å². The van der Waals surface area contributed by atoms with Crippen molar-refractivity contribution < 1.29 is 4.74 Å². The summed E-state index contributed by atoms with van der Waals surface area (Å²) in [5.74, 6) is 0. The van der Waals surface area contributed by atoms with Gasteiger partial charge in [0.25, 0.3) is 0 Å². The monoisotopic (exact) mass is 289 g/mol. The third-order valence-corrected chi connectivity index (χ3v) is 3.44. The van der Waals surface area contributed by atoms with E-state index in [2.05, 4.69) is 12.2 Å². The molecule has 1 unspecified atom stereocenters. The van der Waals surface area contributed by atoms with Crippen LogP contribution in [0.5, 0.6) is 0 Å². The molecule has 0 bridgehead atoms. The molecule has 1 aromatic rings. The van der Waals surface area contributed by atoms with Crippen molar-refractivity contribution in [2.24, 2.45) is 0 Å². The lowest BCUT2D eigenvalue weighted by atomic mass is 10.0. The highest BCUT2D eigenvalue weighted by atomic mass is 35.5. The van der Waals surface area contributed by atoms with Crippen LogP contribution in [-0.2, 0) is 4.74 Å². The van der Waals surface area contributed by atoms with E-state index in [1.807, 2.05) is 12.1 Å². The summed E-state index contributed by atoms with van der Waals surface area (Å²) in [5, 5.41) is 4.88. The van der Waals surface area contributed by atoms with Crippen molar-refractivity contribution in [1.29, 1.82) is 0 Å². The zero-order valence-electron chi connectivity index (χ0n) is 11.0. The quantitative estimate of drug-likeness (QED) is 0.714. The Kier molecular flexibility index (Phi) is 7.68. The molecule has 18 heavy (non-hydrogen) atoms. The molecule has 1 atom stereocenters. The average molecular weight is 290 g/mol. The lowest BCUT2D eigenvalue weighted by Crippen LogP contribution is -2.21. The number of rotatable bonds is 8. The Morgan fingerprint density at radius 1 is 1.28 bits per heavy atom. The van der Waals surface area contributed by atoms with Gasteiger partial charge in [0.1, 0.15) is 0 Å². The number of hydrogen-bond acceptors (Lipinski definition) is 2. The van der Waals surface area contributed by atoms with Crippen LogP contribution in [0.3, 0.4) is 0 Å². The number of halogens is 2. The lowest BCUT2D eigenvalue weighted by molar-refractivity contribution is 0.191. The Morgan fingerprint density at radius 2 is 2.06 bits per heavy atom. The first-order valence-electron chi connectivity index (χ1n) is 6.36. The van der Waals surface area contributed by atoms with E-state index in [0.717, 1.165) is 43.0 Å². The summed E-state index contributed by atoms with van der Waals surface area (Å²) in [4.78, 5) is 0. The number of methoxy groups -OCH3 is 1. The zero-order valence-corrected chi connectivity index (χ0v) is 12.5. The van der Waals surface area contributed by atoms with Crippen molar-refractivity contribution in [2.75, 3.05) is 20.3 Å². The van der Waals surface area contributed by atoms with Gasteiger partial charge in [-0.2, -0.15) is 0 Å². The van der Waals surface area contributed by atoms with Crippen LogP contribution in [0.4, 0.5) is 0 Å². The van der Waals surface area contributed by atoms with E-state index in [1.165, 1.54) is 0 Å². The molecule has 1 rings (SSSR count). The number of nitrogens with one attached hydrogen (secondary N) is 1. The van der Waals surface area contributed by atoms with E-state index < -0.39 is 0 Å². The predicted molar refractivity (Wildman–Crippen MR) is 78.6 cm³/mol. The molecule has 0 amide bonds. The Bertz CT molecular complexity index is 358. The summed E-state index contributed by atoms with van der Waals surface area (Å²) in [6.45, 7) is 3.84. The lowest BCUT2D eigenvalue weighted by Gasteiger charge is -2.19. The maximum atomic E-state index is 6.25. The molecule has 0 fully saturated rings. The third-order valence-electron chi connectivity index (χ3n) is 2.88. The summed E-state index contributed by atoms with van der Waals surface area (Å²) in [6.07, 6.45) is 3.24. The van der Waals surface area contributed by atoms with Crippen LogP contribution in [-0.4, -0.2) is 20.3 Å². The molecule has 0 aliphatic carbocycles. The topological polar surface area (TPSA) is 21.3 Å². The van der Waals surface area contributed by atoms with Crippen LogP contribution in [0.15, 0.2) is 18.2 Å². The maximum Gasteiger partial charge on any atom is 0.0468 e. The number of benzene rings is 1. The molecule has 0 saturated heterocycles. The van der Waals surface area contributed by atoms with Crippen molar-refractivity contribution in [3.8, 4) is 0 Å². The van der Waals surface area contributed by atoms with E-state index in [4.69, 9.17) is 27.9 Å². The molecule has 0 saturated carbocycles. The highest BCUT2D eigenvalue weighted by Gasteiger charge is 2.13. The van der Waals surface area contributed by atoms with E-state index in [1.54, 1.807) is 13.2 Å². The molecule has 0 aliphatic rings. The van der Waals surface area contributed by atoms with Gasteiger partial charge in [0, 0.05) is 29.8 Å². The Morgan fingerprint density at radius 3 is 2.67 bits per heavy atom. The number of hydrogen-bond donors (Lipinski definition) is 1. The molecule has 0 spiro atoms. The second-order valence-corrected chi connectivity index (χ2v) is 5.11. The maximum absolute atomic E-state index is 6.25. The molecule has 0 radical (unpaired) electrons. The number of unbranched alkanes of at least 4 members (excludes halogenated alkanes) is 1. The van der Waals surface area contributed by atoms with Crippen molar-refractivity contribution in [1.82, 2.24) is 5.32 Å². The zero-order chi connectivity index (χ0) is 13.4. The van der Waals surface area contributed by atoms with Gasteiger partial charge in [0.2, 0.25) is 0 Å². The molecule has 0 aromatic heterocycles. The second kappa shape index (κ2) is 8.76. The summed E-state index contributed by atoms with van der Waals surface area (Å²) < 4.78 is 5.06. The molecular weight excluding hydrogens is 269 g/mol. The van der Waals surface area contributed by atoms with Crippen molar-refractivity contribution in [3.05, 3.63) is 33.8 Å². The van der Waals surface area contributed by atoms with Crippen LogP contribution in [0, 0.1) is 0 Å². The van der Waals surface area contributed by atoms with Gasteiger partial charge >= 0.3 is 0 Å². The highest BCUT2D eigenvalue weighted by Crippen LogP contribution is 2.29. The van der Waals surface area contributed by atoms with Gasteiger partial charge in [-0.25, -0.2) is 0 Å². The molecular formula is C14H21Cl2NO. The number of ether oxygens (including phenoxy) is 1. The fourth-order valence-electron chi connectivity index (χ4n) is 1.99. The normalized spacial score (nSPS) is 12.7. The van der Waals surface area contributed by atoms with Gasteiger partial charge in [-0.1, -0.05) is 36.2 Å². The molecule has 1 N–H and O–H groups in total. The molecule has 0 heterocycles. The fourth-order valence-corrected chi connectivity index (χ4v) is 2.53. The summed E-state index contributed by atoms with van der Waals surface area (Å²) in [7, 11) is 1.73. The van der Waals surface area contributed by atoms with Crippen molar-refractivity contribution >= 4 is 23.2 Å². The van der Waals surface area contributed by atoms with E-state index in [0.29, 0.717) is 5.02 Å². The largest absolute Gasteiger partial charge is 0.385 e. The highest BCUT2D eigenvalue weighted by molar-refractivity contribution is 6.35. The van der Waals surface area contributed by atoms with Gasteiger partial charge in [-0.05, 0) is 43.5 Å². The van der Waals surface area contributed by atoms with Gasteiger partial charge in [-0.3, -0.25) is 0 Å². The van der Waals surface area contributed by atoms with Crippen LogP contribution in [0.1, 0.15) is 37.8 Å². The Balaban J connectivity index is 2.64. The van der Waals surface area contributed by atoms with E-state index in [9.17, 15) is 0 Å². The first-order valence-corrected chi connectivity index (χ1v) is 7.12. The third kappa shape index (κ3) is 5.15. The fraction of sp³-hybridized carbons (Fsp3) is 0.571. The van der Waals surface area contributed by atoms with Gasteiger partial charge in [-0.15, -0.1) is 0 Å². The van der Waals surface area contributed by atoms with Gasteiger partial charge < -0.3 is 10.1 Å². The summed E-state index contributed by atoms with van der Waals surface area (Å²) in [5.41, 5.74) is 1.13. The molecule has 2 nitrogen and oxygen atoms in total. The van der Waals surface area contributed by atoms with Crippen LogP contribution >= 0.6 is 23.2 Å². The minimum absolute atomic E-state index is 0.289. The summed E-state index contributed by atoms with van der Waals surface area (Å²) >= 11 is 12.2. The van der Waals surface area contributed by atoms with Gasteiger partial charge in [0.05, 0.1) is 0 Å². The Hall–Kier alpha value is -0.280. The molecule has 1 aromatic carbocycles. The minimum Gasteiger partial charge on any atom is -0.385 e. The van der Waals surface area contributed by atoms with E-state index >= 15 is 0 Å². The first kappa shape index (κ1) is 15.8. The van der Waals surface area contributed by atoms with Crippen molar-refractivity contribution in [3.63, 3.8) is 0 Å². The Labute approximate surface area is 120 Å². The van der Waals surface area contributed by atoms with Crippen molar-refractivity contribution in [2.45, 2.75) is 32.2 Å². The van der Waals surface area contributed by atoms with Crippen LogP contribution < -0.4 is 5.32 Å². The second-order valence-electron chi connectivity index (χ2n) is 4.26. The molecule has 102 valence electrons. The molecule has 0 aliphatic heterocycles. The summed E-state index contributed by atoms with van der Waals surface area (Å²) in [6, 6.07) is 5.99. The standard InChI is InChI=1S/C14H21Cl2NO/c1-3-17-14(6-4-5-9-18-2)12-8-7-11(15)10-13(12)16/h7-8,10,14,17H,3-6,9H2,1-2H3. The van der Waals surface area contributed by atoms with Crippen LogP contribution in [0.2, 0.25) is 10.0 Å². The predicted octanol–water partition coefficient (Wildman–Crippen LogP) is 4.46. The smallest absolute Gasteiger partial charge is 0.0468 e. The van der Waals surface area contributed by atoms with E-state index in [-0.39, 0.29) is 6.04 Å². The van der Waals surface area contributed by atoms with Crippen LogP contribution in [0.25, 0.3) is 0 Å². The SMILES string of the molecule is CCNC(CCCCOC)c1ccc(Cl)cc1Cl. The first-order chi connectivity index (χ1) is 8.69. The average Bonchev–Trinajstić information content (AvgIpc) is 2.34. The minimum atomic E-state index is 0.289. The molecule has 4 heteroatoms.